The van der Waals surface area contributed by atoms with Crippen LogP contribution in [0.15, 0.2) is 60.8 Å². The number of benzene rings is 2. The van der Waals surface area contributed by atoms with E-state index in [-0.39, 0.29) is 5.91 Å². The van der Waals surface area contributed by atoms with Crippen molar-refractivity contribution < 1.29 is 9.59 Å². The Morgan fingerprint density at radius 1 is 1.04 bits per heavy atom. The maximum Gasteiger partial charge on any atom is 0.316 e. The predicted octanol–water partition coefficient (Wildman–Crippen LogP) is 3.00. The number of fused-ring (bicyclic) bond motifs is 1. The van der Waals surface area contributed by atoms with Crippen molar-refractivity contribution in [3.8, 4) is 0 Å². The standard InChI is InChI=1S/C20H17N5O2/c21-12-4-1-3-11(9-12)17(16-5-2-8-23-16)18-14-10-13(24-20(22)27)6-7-15(14)25-19(18)26/h1-10,23H,21H2,(H,25,26)(H3,22,24,27)/b18-17+. The van der Waals surface area contributed by atoms with E-state index in [0.717, 1.165) is 16.8 Å². The average molecular weight is 359 g/mol. The van der Waals surface area contributed by atoms with Gasteiger partial charge in [-0.1, -0.05) is 12.1 Å². The van der Waals surface area contributed by atoms with Crippen molar-refractivity contribution in [2.75, 3.05) is 16.4 Å². The number of hydrogen-bond donors (Lipinski definition) is 5. The molecule has 0 saturated heterocycles. The quantitative estimate of drug-likeness (QED) is 0.364. The van der Waals surface area contributed by atoms with Gasteiger partial charge in [-0.05, 0) is 48.0 Å². The van der Waals surface area contributed by atoms with E-state index in [1.165, 1.54) is 0 Å². The van der Waals surface area contributed by atoms with Gasteiger partial charge in [-0.15, -0.1) is 0 Å². The van der Waals surface area contributed by atoms with E-state index >= 15 is 0 Å². The SMILES string of the molecule is NC(=O)Nc1ccc2c(c1)/C(=C(/c1cccc(N)c1)c1ccc[nH]1)C(=O)N2. The molecule has 134 valence electrons. The predicted molar refractivity (Wildman–Crippen MR) is 106 cm³/mol. The maximum atomic E-state index is 12.8. The molecular weight excluding hydrogens is 342 g/mol. The minimum absolute atomic E-state index is 0.228. The Bertz CT molecular complexity index is 1080. The Morgan fingerprint density at radius 2 is 1.89 bits per heavy atom. The Labute approximate surface area is 155 Å². The fraction of sp³-hybridized carbons (Fsp3) is 0. The molecule has 1 aliphatic rings. The second-order valence-electron chi connectivity index (χ2n) is 6.16. The molecule has 0 saturated carbocycles. The molecule has 0 bridgehead atoms. The summed E-state index contributed by atoms with van der Waals surface area (Å²) in [5.74, 6) is -0.228. The number of nitrogens with one attached hydrogen (secondary N) is 3. The van der Waals surface area contributed by atoms with Crippen molar-refractivity contribution in [1.29, 1.82) is 0 Å². The zero-order chi connectivity index (χ0) is 19.0. The van der Waals surface area contributed by atoms with Crippen LogP contribution < -0.4 is 22.1 Å². The summed E-state index contributed by atoms with van der Waals surface area (Å²) < 4.78 is 0. The summed E-state index contributed by atoms with van der Waals surface area (Å²) in [6.07, 6.45) is 1.79. The highest BCUT2D eigenvalue weighted by atomic mass is 16.2. The third-order valence-electron chi connectivity index (χ3n) is 4.32. The van der Waals surface area contributed by atoms with Gasteiger partial charge >= 0.3 is 6.03 Å². The first-order chi connectivity index (χ1) is 13.0. The van der Waals surface area contributed by atoms with Gasteiger partial charge in [0.2, 0.25) is 0 Å². The minimum Gasteiger partial charge on any atom is -0.399 e. The number of rotatable bonds is 3. The number of nitrogens with two attached hydrogens (primary N) is 2. The Balaban J connectivity index is 1.98. The molecule has 0 spiro atoms. The second kappa shape index (κ2) is 6.38. The second-order valence-corrected chi connectivity index (χ2v) is 6.16. The van der Waals surface area contributed by atoms with Crippen LogP contribution in [0, 0.1) is 0 Å². The molecule has 3 amide bonds. The molecule has 0 atom stereocenters. The maximum absolute atomic E-state index is 12.8. The van der Waals surface area contributed by atoms with Crippen LogP contribution in [-0.2, 0) is 4.79 Å². The third-order valence-corrected chi connectivity index (χ3v) is 4.32. The van der Waals surface area contributed by atoms with Crippen LogP contribution in [0.1, 0.15) is 16.8 Å². The van der Waals surface area contributed by atoms with Crippen LogP contribution in [0.2, 0.25) is 0 Å². The highest BCUT2D eigenvalue weighted by Gasteiger charge is 2.29. The van der Waals surface area contributed by atoms with Crippen LogP contribution in [-0.4, -0.2) is 16.9 Å². The molecule has 4 rings (SSSR count). The number of aromatic amines is 1. The highest BCUT2D eigenvalue weighted by molar-refractivity contribution is 6.38. The highest BCUT2D eigenvalue weighted by Crippen LogP contribution is 2.40. The summed E-state index contributed by atoms with van der Waals surface area (Å²) in [7, 11) is 0. The summed E-state index contributed by atoms with van der Waals surface area (Å²) in [5, 5.41) is 5.41. The number of nitrogen functional groups attached to an aromatic ring is 1. The molecule has 7 heteroatoms. The van der Waals surface area contributed by atoms with Crippen molar-refractivity contribution in [2.45, 2.75) is 0 Å². The first-order valence-electron chi connectivity index (χ1n) is 8.29. The van der Waals surface area contributed by atoms with Crippen LogP contribution in [0.3, 0.4) is 0 Å². The lowest BCUT2D eigenvalue weighted by atomic mass is 9.92. The first-order valence-corrected chi connectivity index (χ1v) is 8.29. The molecule has 2 aromatic carbocycles. The van der Waals surface area contributed by atoms with E-state index < -0.39 is 6.03 Å². The van der Waals surface area contributed by atoms with Gasteiger partial charge in [0, 0.05) is 40.1 Å². The van der Waals surface area contributed by atoms with Crippen molar-refractivity contribution in [3.05, 3.63) is 77.6 Å². The molecular formula is C20H17N5O2. The zero-order valence-electron chi connectivity index (χ0n) is 14.2. The van der Waals surface area contributed by atoms with E-state index in [9.17, 15) is 9.59 Å². The normalized spacial score (nSPS) is 14.4. The Morgan fingerprint density at radius 3 is 2.59 bits per heavy atom. The first kappa shape index (κ1) is 16.5. The molecule has 1 aromatic heterocycles. The van der Waals surface area contributed by atoms with Crippen molar-refractivity contribution in [1.82, 2.24) is 4.98 Å². The number of anilines is 3. The number of H-pyrrole nitrogens is 1. The summed E-state index contributed by atoms with van der Waals surface area (Å²) in [5.41, 5.74) is 16.4. The van der Waals surface area contributed by atoms with E-state index in [1.807, 2.05) is 30.3 Å². The van der Waals surface area contributed by atoms with E-state index in [2.05, 4.69) is 15.6 Å². The summed E-state index contributed by atoms with van der Waals surface area (Å²) in [6, 6.07) is 15.6. The minimum atomic E-state index is -0.668. The van der Waals surface area contributed by atoms with E-state index in [0.29, 0.717) is 28.2 Å². The molecule has 2 heterocycles. The number of hydrogen-bond acceptors (Lipinski definition) is 3. The molecule has 0 unspecified atom stereocenters. The van der Waals surface area contributed by atoms with Crippen molar-refractivity contribution in [2.24, 2.45) is 5.73 Å². The molecule has 3 aromatic rings. The number of amides is 3. The van der Waals surface area contributed by atoms with Crippen LogP contribution in [0.4, 0.5) is 21.9 Å². The Hall–Kier alpha value is -4.00. The fourth-order valence-corrected chi connectivity index (χ4v) is 3.25. The van der Waals surface area contributed by atoms with Gasteiger partial charge in [0.1, 0.15) is 0 Å². The van der Waals surface area contributed by atoms with Gasteiger partial charge in [-0.3, -0.25) is 4.79 Å². The van der Waals surface area contributed by atoms with Gasteiger partial charge < -0.3 is 27.1 Å². The van der Waals surface area contributed by atoms with Crippen molar-refractivity contribution in [3.63, 3.8) is 0 Å². The van der Waals surface area contributed by atoms with Gasteiger partial charge in [0.25, 0.3) is 5.91 Å². The molecule has 0 radical (unpaired) electrons. The summed E-state index contributed by atoms with van der Waals surface area (Å²) in [6.45, 7) is 0. The van der Waals surface area contributed by atoms with Gasteiger partial charge in [0.15, 0.2) is 0 Å². The largest absolute Gasteiger partial charge is 0.399 e. The number of urea groups is 1. The van der Waals surface area contributed by atoms with Gasteiger partial charge in [0.05, 0.1) is 5.57 Å². The summed E-state index contributed by atoms with van der Waals surface area (Å²) in [4.78, 5) is 27.2. The monoisotopic (exact) mass is 359 g/mol. The topological polar surface area (TPSA) is 126 Å². The van der Waals surface area contributed by atoms with E-state index in [1.54, 1.807) is 30.5 Å². The van der Waals surface area contributed by atoms with Crippen molar-refractivity contribution >= 4 is 40.1 Å². The average Bonchev–Trinajstić information content (AvgIpc) is 3.24. The van der Waals surface area contributed by atoms with Gasteiger partial charge in [-0.2, -0.15) is 0 Å². The number of carbonyl (C=O) groups is 2. The molecule has 0 fully saturated rings. The molecule has 7 N–H and O–H groups in total. The van der Waals surface area contributed by atoms with Crippen LogP contribution in [0.25, 0.3) is 11.1 Å². The zero-order valence-corrected chi connectivity index (χ0v) is 14.2. The van der Waals surface area contributed by atoms with Crippen LogP contribution >= 0.6 is 0 Å². The molecule has 0 aliphatic carbocycles. The van der Waals surface area contributed by atoms with E-state index in [4.69, 9.17) is 11.5 Å². The lowest BCUT2D eigenvalue weighted by Gasteiger charge is -2.12. The third kappa shape index (κ3) is 3.02. The summed E-state index contributed by atoms with van der Waals surface area (Å²) >= 11 is 0. The molecule has 1 aliphatic heterocycles. The molecule has 7 nitrogen and oxygen atoms in total. The Kier molecular flexibility index (Phi) is 3.89. The lowest BCUT2D eigenvalue weighted by Crippen LogP contribution is -2.19. The smallest absolute Gasteiger partial charge is 0.316 e. The lowest BCUT2D eigenvalue weighted by molar-refractivity contribution is -0.110. The number of carbonyl (C=O) groups excluding carboxylic acids is 2. The molecule has 27 heavy (non-hydrogen) atoms. The van der Waals surface area contributed by atoms with Crippen LogP contribution in [0.5, 0.6) is 0 Å². The van der Waals surface area contributed by atoms with Gasteiger partial charge in [-0.25, -0.2) is 4.79 Å². The fourth-order valence-electron chi connectivity index (χ4n) is 3.25. The number of primary amides is 1. The number of aromatic nitrogens is 1.